The van der Waals surface area contributed by atoms with Crippen molar-refractivity contribution < 1.29 is 39.6 Å². The molecule has 1 aliphatic rings. The van der Waals surface area contributed by atoms with Crippen molar-refractivity contribution in [3.63, 3.8) is 0 Å². The Kier molecular flexibility index (Phi) is 29.2. The zero-order valence-electron chi connectivity index (χ0n) is 54.6. The molecule has 1 aliphatic carbocycles. The van der Waals surface area contributed by atoms with Crippen LogP contribution >= 0.6 is 0 Å². The highest BCUT2D eigenvalue weighted by Gasteiger charge is 2.20. The molecule has 1 saturated carbocycles. The molecule has 1 atom stereocenters. The molecule has 1 fully saturated rings. The van der Waals surface area contributed by atoms with Gasteiger partial charge in [-0.2, -0.15) is 0 Å². The fourth-order valence-electron chi connectivity index (χ4n) is 9.78. The quantitative estimate of drug-likeness (QED) is 0.0313. The number of aliphatic hydroxyl groups excluding tert-OH is 4. The van der Waals surface area contributed by atoms with Crippen molar-refractivity contribution in [2.45, 2.75) is 166 Å². The number of aliphatic hydroxyl groups is 4. The monoisotopic (exact) mass is 1250 g/mol. The molecule has 8 N–H and O–H groups in total. The minimum Gasteiger partial charge on any atom is -0.392 e. The van der Waals surface area contributed by atoms with Crippen molar-refractivity contribution in [1.82, 2.24) is 39.9 Å². The van der Waals surface area contributed by atoms with Crippen molar-refractivity contribution in [3.05, 3.63) is 167 Å². The number of anilines is 4. The average molecular weight is 1250 g/mol. The van der Waals surface area contributed by atoms with E-state index in [0.29, 0.717) is 73.6 Å². The Hall–Kier alpha value is -9.08. The van der Waals surface area contributed by atoms with E-state index in [1.807, 2.05) is 152 Å². The van der Waals surface area contributed by atoms with E-state index in [4.69, 9.17) is 20.4 Å². The zero-order valence-corrected chi connectivity index (χ0v) is 54.6. The third-order valence-electron chi connectivity index (χ3n) is 15.4. The van der Waals surface area contributed by atoms with Gasteiger partial charge in [-0.1, -0.05) is 172 Å². The Morgan fingerprint density at radius 1 is 0.435 bits per heavy atom. The molecule has 0 spiro atoms. The number of rotatable bonds is 22. The first-order chi connectivity index (χ1) is 44.4. The molecule has 20 nitrogen and oxygen atoms in total. The molecule has 4 heterocycles. The Bertz CT molecular complexity index is 3640. The lowest BCUT2D eigenvalue weighted by Crippen LogP contribution is -2.21. The predicted molar refractivity (Wildman–Crippen MR) is 361 cm³/mol. The third-order valence-corrected chi connectivity index (χ3v) is 15.4. The predicted octanol–water partition coefficient (Wildman–Crippen LogP) is 12.6. The van der Waals surface area contributed by atoms with Gasteiger partial charge in [0.15, 0.2) is 23.3 Å². The van der Waals surface area contributed by atoms with E-state index < -0.39 is 0 Å². The van der Waals surface area contributed by atoms with Crippen LogP contribution in [0.3, 0.4) is 0 Å². The normalized spacial score (nSPS) is 12.2. The van der Waals surface area contributed by atoms with Crippen LogP contribution in [0.2, 0.25) is 0 Å². The van der Waals surface area contributed by atoms with Crippen LogP contribution in [0.1, 0.15) is 159 Å². The Balaban J connectivity index is 0.000000196. The summed E-state index contributed by atoms with van der Waals surface area (Å²) in [6.45, 7) is 17.4. The number of carbonyl (C=O) groups is 4. The van der Waals surface area contributed by atoms with E-state index in [1.165, 1.54) is 26.2 Å². The van der Waals surface area contributed by atoms with Crippen LogP contribution in [0.5, 0.6) is 0 Å². The summed E-state index contributed by atoms with van der Waals surface area (Å²) in [7, 11) is 0. The highest BCUT2D eigenvalue weighted by Crippen LogP contribution is 2.29. The highest BCUT2D eigenvalue weighted by atomic mass is 16.3. The van der Waals surface area contributed by atoms with E-state index >= 15 is 0 Å². The topological polar surface area (TPSA) is 300 Å². The summed E-state index contributed by atoms with van der Waals surface area (Å²) >= 11 is 0. The summed E-state index contributed by atoms with van der Waals surface area (Å²) in [5, 5.41) is 47.7. The Morgan fingerprint density at radius 3 is 1.02 bits per heavy atom. The fourth-order valence-corrected chi connectivity index (χ4v) is 9.78. The molecule has 4 amide bonds. The summed E-state index contributed by atoms with van der Waals surface area (Å²) in [6, 6.07) is 30.2. The van der Waals surface area contributed by atoms with Gasteiger partial charge in [-0.05, 0) is 79.0 Å². The molecule has 92 heavy (non-hydrogen) atoms. The van der Waals surface area contributed by atoms with Crippen LogP contribution < -0.4 is 21.3 Å². The Labute approximate surface area is 540 Å². The number of nitrogens with zero attached hydrogens (tertiary/aromatic N) is 8. The van der Waals surface area contributed by atoms with Crippen molar-refractivity contribution >= 4 is 46.9 Å². The minimum absolute atomic E-state index is 0.0206. The Morgan fingerprint density at radius 2 is 0.739 bits per heavy atom. The van der Waals surface area contributed by atoms with Gasteiger partial charge in [0.25, 0.3) is 0 Å². The number of benzene rings is 4. The van der Waals surface area contributed by atoms with Crippen LogP contribution in [0, 0.1) is 17.8 Å². The van der Waals surface area contributed by atoms with E-state index in [9.17, 15) is 19.2 Å². The maximum Gasteiger partial charge on any atom is 0.228 e. The fraction of sp³-hybridized carbons (Fsp3) is 0.389. The third kappa shape index (κ3) is 22.1. The minimum atomic E-state index is -0.158. The number of aryl methyl sites for hydroxylation is 4. The summed E-state index contributed by atoms with van der Waals surface area (Å²) in [5.74, 6) is 2.73. The molecule has 1 unspecified atom stereocenters. The van der Waals surface area contributed by atoms with E-state index in [-0.39, 0.29) is 56.0 Å². The first-order valence-corrected chi connectivity index (χ1v) is 31.9. The summed E-state index contributed by atoms with van der Waals surface area (Å²) in [5.41, 5.74) is 13.3. The van der Waals surface area contributed by atoms with Crippen LogP contribution in [0.15, 0.2) is 122 Å². The van der Waals surface area contributed by atoms with Crippen molar-refractivity contribution in [3.8, 4) is 45.0 Å². The van der Waals surface area contributed by atoms with Crippen molar-refractivity contribution in [2.24, 2.45) is 17.8 Å². The molecule has 9 rings (SSSR count). The maximum atomic E-state index is 12.4. The second-order valence-corrected chi connectivity index (χ2v) is 22.9. The molecule has 20 heteroatoms. The summed E-state index contributed by atoms with van der Waals surface area (Å²) in [6.07, 6.45) is 17.3. The molecular weight excluding hydrogens is 1160 g/mol. The van der Waals surface area contributed by atoms with E-state index in [0.717, 1.165) is 109 Å². The molecule has 0 radical (unpaired) electrons. The van der Waals surface area contributed by atoms with Crippen LogP contribution in [-0.2, 0) is 71.3 Å². The smallest absolute Gasteiger partial charge is 0.228 e. The SMILES string of the molecule is CCc1nc(-c2ccc(CO)cc2)cnc1NC(=O)C(C)CC.CCc1nc(-c2ccc(CO)cc2)cnc1NC(=O)CC(C)C.CCc1nc(-c2ccc(CO)cc2)cnc1NC(=O)CC1CCCCC1.CCc1nc(-c2ccc(CO)cc2)cnc1NC(C)=O. The van der Waals surface area contributed by atoms with E-state index in [2.05, 4.69) is 61.1 Å². The maximum absolute atomic E-state index is 12.4. The molecule has 0 bridgehead atoms. The van der Waals surface area contributed by atoms with Crippen LogP contribution in [0.25, 0.3) is 45.0 Å². The van der Waals surface area contributed by atoms with Gasteiger partial charge >= 0.3 is 0 Å². The molecule has 0 aliphatic heterocycles. The summed E-state index contributed by atoms with van der Waals surface area (Å²) < 4.78 is 0. The van der Waals surface area contributed by atoms with Crippen LogP contribution in [0.4, 0.5) is 23.3 Å². The van der Waals surface area contributed by atoms with Crippen molar-refractivity contribution in [1.29, 1.82) is 0 Å². The van der Waals surface area contributed by atoms with Gasteiger partial charge in [0.2, 0.25) is 23.6 Å². The standard InChI is InChI=1S/C21H27N3O2.2C18H23N3O2.C15H17N3O2/c1-2-18-21(24-20(26)12-15-6-4-3-5-7-15)22-13-19(23-18)17-10-8-16(14-25)9-11-17;1-4-15-18(21-17(23)9-12(2)3)19-10-16(20-15)14-7-5-13(11-22)6-8-14;1-4-12(3)18(23)21-17-15(5-2)20-16(10-19-17)14-8-6-13(11-22)7-9-14;1-3-13-15(17-10(2)20)16-8-14(18-13)12-6-4-11(9-19)5-7-12/h8-11,13,15,25H,2-7,12,14H2,1H3,(H,22,24,26);5-8,10,12,22H,4,9,11H2,1-3H3,(H,19,21,23);6-10,12,22H,4-5,11H2,1-3H3,(H,19,21,23);4-8,19H,3,9H2,1-2H3,(H,16,17,20). The number of amides is 4. The molecular formula is C72H90N12O8. The number of aromatic nitrogens is 8. The first-order valence-electron chi connectivity index (χ1n) is 31.9. The molecule has 486 valence electrons. The zero-order chi connectivity index (χ0) is 66.5. The molecule has 8 aromatic rings. The lowest BCUT2D eigenvalue weighted by Gasteiger charge is -2.21. The van der Waals surface area contributed by atoms with Crippen LogP contribution in [-0.4, -0.2) is 83.9 Å². The van der Waals surface area contributed by atoms with E-state index in [1.54, 1.807) is 24.8 Å². The largest absolute Gasteiger partial charge is 0.392 e. The molecule has 0 saturated heterocycles. The van der Waals surface area contributed by atoms with Gasteiger partial charge in [0.1, 0.15) is 0 Å². The average Bonchev–Trinajstić information content (AvgIpc) is 1.90. The lowest BCUT2D eigenvalue weighted by atomic mass is 9.87. The van der Waals surface area contributed by atoms with Gasteiger partial charge in [0, 0.05) is 47.9 Å². The number of hydrogen-bond donors (Lipinski definition) is 8. The van der Waals surface area contributed by atoms with Crippen molar-refractivity contribution in [2.75, 3.05) is 21.3 Å². The second-order valence-electron chi connectivity index (χ2n) is 22.9. The van der Waals surface area contributed by atoms with Gasteiger partial charge in [-0.15, -0.1) is 0 Å². The highest BCUT2D eigenvalue weighted by molar-refractivity contribution is 5.92. The second kappa shape index (κ2) is 37.3. The van der Waals surface area contributed by atoms with Gasteiger partial charge in [-0.25, -0.2) is 39.9 Å². The first kappa shape index (κ1) is 72.0. The van der Waals surface area contributed by atoms with Gasteiger partial charge in [-0.3, -0.25) is 19.2 Å². The van der Waals surface area contributed by atoms with Gasteiger partial charge in [0.05, 0.1) is 96.8 Å². The molecule has 4 aromatic heterocycles. The molecule has 4 aromatic carbocycles. The van der Waals surface area contributed by atoms with Gasteiger partial charge < -0.3 is 41.7 Å². The number of hydrogen-bond acceptors (Lipinski definition) is 16. The lowest BCUT2D eigenvalue weighted by molar-refractivity contribution is -0.119. The number of nitrogens with one attached hydrogen (secondary N) is 4. The summed E-state index contributed by atoms with van der Waals surface area (Å²) in [4.78, 5) is 83.3. The number of carbonyl (C=O) groups excluding carboxylic acids is 4.